The summed E-state index contributed by atoms with van der Waals surface area (Å²) in [5.41, 5.74) is 2.63. The van der Waals surface area contributed by atoms with Gasteiger partial charge in [-0.15, -0.1) is 0 Å². The zero-order chi connectivity index (χ0) is 12.3. The summed E-state index contributed by atoms with van der Waals surface area (Å²) in [5.74, 6) is 1.55. The van der Waals surface area contributed by atoms with Crippen molar-refractivity contribution in [1.29, 1.82) is 5.26 Å². The smallest absolute Gasteiger partial charge is 0.256 e. The van der Waals surface area contributed by atoms with E-state index < -0.39 is 0 Å². The summed E-state index contributed by atoms with van der Waals surface area (Å²) >= 11 is 1.51. The van der Waals surface area contributed by atoms with Gasteiger partial charge >= 0.3 is 0 Å². The first kappa shape index (κ1) is 11.7. The van der Waals surface area contributed by atoms with E-state index in [-0.39, 0.29) is 0 Å². The molecule has 86 valence electrons. The molecule has 0 saturated carbocycles. The van der Waals surface area contributed by atoms with Crippen molar-refractivity contribution in [3.63, 3.8) is 0 Å². The van der Waals surface area contributed by atoms with Gasteiger partial charge in [-0.3, -0.25) is 0 Å². The average molecular weight is 244 g/mol. The van der Waals surface area contributed by atoms with E-state index >= 15 is 0 Å². The standard InChI is InChI=1S/C13H12N2OS/c1-9-10(2)16-13(15-9)17-8-12-6-4-3-5-11(12)7-14/h3-6H,8H2,1-2H3. The van der Waals surface area contributed by atoms with Gasteiger partial charge in [0.1, 0.15) is 5.76 Å². The topological polar surface area (TPSA) is 49.8 Å². The first-order chi connectivity index (χ1) is 8.20. The van der Waals surface area contributed by atoms with E-state index in [4.69, 9.17) is 9.68 Å². The normalized spacial score (nSPS) is 10.2. The van der Waals surface area contributed by atoms with E-state index in [2.05, 4.69) is 11.1 Å². The fourth-order valence-electron chi connectivity index (χ4n) is 1.40. The van der Waals surface area contributed by atoms with E-state index in [0.29, 0.717) is 16.5 Å². The molecule has 1 heterocycles. The molecule has 0 fully saturated rings. The molecule has 0 atom stereocenters. The van der Waals surface area contributed by atoms with Crippen LogP contribution in [0.3, 0.4) is 0 Å². The van der Waals surface area contributed by atoms with Gasteiger partial charge < -0.3 is 4.42 Å². The largest absolute Gasteiger partial charge is 0.437 e. The molecule has 0 saturated heterocycles. The van der Waals surface area contributed by atoms with Crippen LogP contribution in [-0.2, 0) is 5.75 Å². The summed E-state index contributed by atoms with van der Waals surface area (Å²) in [6, 6.07) is 9.76. The van der Waals surface area contributed by atoms with Crippen LogP contribution < -0.4 is 0 Å². The van der Waals surface area contributed by atoms with Crippen LogP contribution >= 0.6 is 11.8 Å². The predicted octanol–water partition coefficient (Wildman–Crippen LogP) is 3.46. The number of hydrogen-bond acceptors (Lipinski definition) is 4. The molecule has 0 radical (unpaired) electrons. The van der Waals surface area contributed by atoms with Crippen LogP contribution in [0.2, 0.25) is 0 Å². The van der Waals surface area contributed by atoms with Crippen LogP contribution in [-0.4, -0.2) is 4.98 Å². The maximum atomic E-state index is 8.97. The molecule has 0 unspecified atom stereocenters. The molecule has 0 N–H and O–H groups in total. The molecule has 4 heteroatoms. The number of thioether (sulfide) groups is 1. The van der Waals surface area contributed by atoms with Crippen molar-refractivity contribution in [1.82, 2.24) is 4.98 Å². The average Bonchev–Trinajstić information content (AvgIpc) is 2.66. The number of nitrogens with zero attached hydrogens (tertiary/aromatic N) is 2. The Morgan fingerprint density at radius 2 is 2.12 bits per heavy atom. The number of rotatable bonds is 3. The minimum atomic E-state index is 0.660. The maximum Gasteiger partial charge on any atom is 0.256 e. The van der Waals surface area contributed by atoms with Crippen molar-refractivity contribution >= 4 is 11.8 Å². The maximum absolute atomic E-state index is 8.97. The lowest BCUT2D eigenvalue weighted by Gasteiger charge is -2.00. The summed E-state index contributed by atoms with van der Waals surface area (Å²) in [5, 5.41) is 9.63. The highest BCUT2D eigenvalue weighted by atomic mass is 32.2. The Morgan fingerprint density at radius 1 is 1.35 bits per heavy atom. The van der Waals surface area contributed by atoms with Crippen molar-refractivity contribution in [3.8, 4) is 6.07 Å². The molecule has 0 bridgehead atoms. The molecule has 1 aromatic heterocycles. The van der Waals surface area contributed by atoms with Crippen LogP contribution in [0.5, 0.6) is 0 Å². The molecular formula is C13H12N2OS. The SMILES string of the molecule is Cc1nc(SCc2ccccc2C#N)oc1C. The number of hydrogen-bond donors (Lipinski definition) is 0. The minimum Gasteiger partial charge on any atom is -0.437 e. The quantitative estimate of drug-likeness (QED) is 0.776. The first-order valence-corrected chi connectivity index (χ1v) is 6.24. The Kier molecular flexibility index (Phi) is 3.50. The number of aryl methyl sites for hydroxylation is 2. The molecule has 0 spiro atoms. The Labute approximate surface area is 104 Å². The van der Waals surface area contributed by atoms with E-state index in [0.717, 1.165) is 17.0 Å². The van der Waals surface area contributed by atoms with Gasteiger partial charge in [0, 0.05) is 5.75 Å². The highest BCUT2D eigenvalue weighted by molar-refractivity contribution is 7.98. The lowest BCUT2D eigenvalue weighted by molar-refractivity contribution is 0.431. The van der Waals surface area contributed by atoms with Gasteiger partial charge in [-0.2, -0.15) is 5.26 Å². The van der Waals surface area contributed by atoms with E-state index in [1.807, 2.05) is 38.1 Å². The molecular weight excluding hydrogens is 232 g/mol. The molecule has 3 nitrogen and oxygen atoms in total. The van der Waals surface area contributed by atoms with Crippen LogP contribution in [0.15, 0.2) is 33.9 Å². The van der Waals surface area contributed by atoms with Gasteiger partial charge in [0.25, 0.3) is 5.22 Å². The van der Waals surface area contributed by atoms with Gasteiger partial charge in [-0.05, 0) is 25.5 Å². The summed E-state index contributed by atoms with van der Waals surface area (Å²) in [6.45, 7) is 3.82. The van der Waals surface area contributed by atoms with E-state index in [1.54, 1.807) is 0 Å². The van der Waals surface area contributed by atoms with Gasteiger partial charge in [0.15, 0.2) is 0 Å². The number of oxazole rings is 1. The van der Waals surface area contributed by atoms with Crippen molar-refractivity contribution in [3.05, 3.63) is 46.8 Å². The summed E-state index contributed by atoms with van der Waals surface area (Å²) in [6.07, 6.45) is 0. The van der Waals surface area contributed by atoms with Gasteiger partial charge in [0.2, 0.25) is 0 Å². The van der Waals surface area contributed by atoms with Crippen molar-refractivity contribution in [2.45, 2.75) is 24.8 Å². The van der Waals surface area contributed by atoms with Crippen LogP contribution in [0.4, 0.5) is 0 Å². The molecule has 2 aromatic rings. The monoisotopic (exact) mass is 244 g/mol. The number of aromatic nitrogens is 1. The molecule has 0 aliphatic rings. The second kappa shape index (κ2) is 5.07. The van der Waals surface area contributed by atoms with Crippen molar-refractivity contribution < 1.29 is 4.42 Å². The molecule has 2 rings (SSSR count). The Hall–Kier alpha value is -1.73. The van der Waals surface area contributed by atoms with Gasteiger partial charge in [-0.25, -0.2) is 4.98 Å². The second-order valence-corrected chi connectivity index (χ2v) is 4.61. The highest BCUT2D eigenvalue weighted by Gasteiger charge is 2.08. The van der Waals surface area contributed by atoms with Crippen molar-refractivity contribution in [2.24, 2.45) is 0 Å². The van der Waals surface area contributed by atoms with Gasteiger partial charge in [0.05, 0.1) is 17.3 Å². The predicted molar refractivity (Wildman–Crippen MR) is 66.7 cm³/mol. The highest BCUT2D eigenvalue weighted by Crippen LogP contribution is 2.25. The number of nitriles is 1. The summed E-state index contributed by atoms with van der Waals surface area (Å²) in [7, 11) is 0. The van der Waals surface area contributed by atoms with Crippen LogP contribution in [0, 0.1) is 25.2 Å². The van der Waals surface area contributed by atoms with E-state index in [9.17, 15) is 0 Å². The fourth-order valence-corrected chi connectivity index (χ4v) is 2.32. The summed E-state index contributed by atoms with van der Waals surface area (Å²) in [4.78, 5) is 4.29. The molecule has 1 aromatic carbocycles. The minimum absolute atomic E-state index is 0.660. The van der Waals surface area contributed by atoms with Crippen LogP contribution in [0.1, 0.15) is 22.6 Å². The molecule has 0 amide bonds. The third-order valence-corrected chi connectivity index (χ3v) is 3.37. The lowest BCUT2D eigenvalue weighted by Crippen LogP contribution is -1.86. The first-order valence-electron chi connectivity index (χ1n) is 5.25. The molecule has 0 aliphatic carbocycles. The molecule has 0 aliphatic heterocycles. The van der Waals surface area contributed by atoms with E-state index in [1.165, 1.54) is 11.8 Å². The lowest BCUT2D eigenvalue weighted by atomic mass is 10.1. The Morgan fingerprint density at radius 3 is 2.76 bits per heavy atom. The second-order valence-electron chi connectivity index (χ2n) is 3.68. The number of benzene rings is 1. The Balaban J connectivity index is 2.10. The third kappa shape index (κ3) is 2.69. The van der Waals surface area contributed by atoms with Crippen LogP contribution in [0.25, 0.3) is 0 Å². The zero-order valence-electron chi connectivity index (χ0n) is 9.73. The fraction of sp³-hybridized carbons (Fsp3) is 0.231. The Bertz CT molecular complexity index is 550. The third-order valence-electron chi connectivity index (χ3n) is 2.50. The zero-order valence-corrected chi connectivity index (χ0v) is 10.5. The summed E-state index contributed by atoms with van der Waals surface area (Å²) < 4.78 is 5.48. The molecule has 17 heavy (non-hydrogen) atoms. The van der Waals surface area contributed by atoms with Crippen molar-refractivity contribution in [2.75, 3.05) is 0 Å². The van der Waals surface area contributed by atoms with Gasteiger partial charge in [-0.1, -0.05) is 30.0 Å².